The van der Waals surface area contributed by atoms with Gasteiger partial charge in [0.1, 0.15) is 5.60 Å². The maximum atomic E-state index is 13.7. The van der Waals surface area contributed by atoms with Gasteiger partial charge in [0, 0.05) is 23.4 Å². The molecule has 0 spiro atoms. The van der Waals surface area contributed by atoms with Crippen LogP contribution in [0.25, 0.3) is 0 Å². The van der Waals surface area contributed by atoms with Crippen molar-refractivity contribution in [2.45, 2.75) is 48.9 Å². The second kappa shape index (κ2) is 8.90. The number of hydrogen-bond acceptors (Lipinski definition) is 5. The van der Waals surface area contributed by atoms with Crippen molar-refractivity contribution in [1.29, 1.82) is 0 Å². The van der Waals surface area contributed by atoms with Crippen molar-refractivity contribution in [1.82, 2.24) is 0 Å². The van der Waals surface area contributed by atoms with E-state index in [1.807, 2.05) is 6.92 Å². The molecule has 4 rings (SSSR count). The van der Waals surface area contributed by atoms with Crippen molar-refractivity contribution in [2.75, 3.05) is 5.32 Å². The molecule has 1 amide bonds. The quantitative estimate of drug-likeness (QED) is 0.554. The van der Waals surface area contributed by atoms with E-state index >= 15 is 0 Å². The first-order valence-corrected chi connectivity index (χ1v) is 12.9. The highest BCUT2D eigenvalue weighted by Crippen LogP contribution is 2.54. The molecule has 0 saturated heterocycles. The molecule has 0 aromatic heterocycles. The van der Waals surface area contributed by atoms with Gasteiger partial charge in [-0.05, 0) is 62.1 Å². The van der Waals surface area contributed by atoms with E-state index < -0.39 is 61.7 Å². The van der Waals surface area contributed by atoms with Crippen LogP contribution >= 0.6 is 11.6 Å². The Hall–Kier alpha value is -2.43. The second-order valence-electron chi connectivity index (χ2n) is 9.50. The lowest BCUT2D eigenvalue weighted by Crippen LogP contribution is -2.50. The molecule has 2 aliphatic rings. The second-order valence-corrected chi connectivity index (χ2v) is 12.0. The number of hydrogen-bond donors (Lipinski definition) is 2. The summed E-state index contributed by atoms with van der Waals surface area (Å²) < 4.78 is 67.6. The molecular formula is C24H23ClF3NO5S. The third kappa shape index (κ3) is 4.47. The van der Waals surface area contributed by atoms with E-state index in [9.17, 15) is 36.3 Å². The van der Waals surface area contributed by atoms with Crippen molar-refractivity contribution in [3.8, 4) is 0 Å². The van der Waals surface area contributed by atoms with E-state index in [4.69, 9.17) is 11.6 Å². The number of anilines is 1. The van der Waals surface area contributed by atoms with Gasteiger partial charge in [0.2, 0.25) is 0 Å². The Kier molecular flexibility index (Phi) is 6.53. The first-order valence-electron chi connectivity index (χ1n) is 11.0. The van der Waals surface area contributed by atoms with Crippen LogP contribution < -0.4 is 5.32 Å². The van der Waals surface area contributed by atoms with Crippen LogP contribution in [0.3, 0.4) is 0 Å². The van der Waals surface area contributed by atoms with Crippen molar-refractivity contribution in [2.24, 2.45) is 17.8 Å². The fraction of sp³-hybridized carbons (Fsp3) is 0.417. The number of halogens is 4. The number of fused-ring (bicyclic) bond motifs is 2. The van der Waals surface area contributed by atoms with Crippen molar-refractivity contribution >= 4 is 38.8 Å². The normalized spacial score (nSPS) is 28.1. The zero-order valence-electron chi connectivity index (χ0n) is 18.8. The highest BCUT2D eigenvalue weighted by Gasteiger charge is 2.58. The van der Waals surface area contributed by atoms with Crippen LogP contribution in [-0.4, -0.2) is 36.1 Å². The van der Waals surface area contributed by atoms with Crippen LogP contribution in [0.15, 0.2) is 35.2 Å². The lowest BCUT2D eigenvalue weighted by molar-refractivity contribution is -0.140. The number of amides is 1. The van der Waals surface area contributed by atoms with Gasteiger partial charge in [0.25, 0.3) is 5.91 Å². The van der Waals surface area contributed by atoms with E-state index in [1.165, 1.54) is 19.1 Å². The highest BCUT2D eigenvalue weighted by atomic mass is 35.5. The Balaban J connectivity index is 1.66. The van der Waals surface area contributed by atoms with E-state index in [0.29, 0.717) is 18.6 Å². The highest BCUT2D eigenvalue weighted by molar-refractivity contribution is 7.92. The molecular weight excluding hydrogens is 507 g/mol. The molecule has 2 aromatic rings. The molecule has 2 fully saturated rings. The third-order valence-corrected chi connectivity index (χ3v) is 10.1. The number of rotatable bonds is 5. The molecule has 0 aliphatic heterocycles. The molecule has 2 N–H and O–H groups in total. The number of sulfone groups is 1. The molecule has 5 atom stereocenters. The number of nitrogens with one attached hydrogen (secondary N) is 1. The first-order chi connectivity index (χ1) is 16.2. The number of aliphatic hydroxyl groups is 1. The SMILES string of the molecule is CC(=O)C1(O)CC2C(S(=O)(=O)c3cc(C(=O)Nc4cc(F)c(F)c(F)c4)ccc3Cl)[C@@H](C[C@@H]2C)C1. The van der Waals surface area contributed by atoms with Crippen LogP contribution in [0.5, 0.6) is 0 Å². The molecule has 0 radical (unpaired) electrons. The number of Topliss-reactive ketones (excluding diaryl/α,β-unsaturated/α-hetero) is 1. The van der Waals surface area contributed by atoms with Gasteiger partial charge in [-0.15, -0.1) is 0 Å². The summed E-state index contributed by atoms with van der Waals surface area (Å²) >= 11 is 6.23. The van der Waals surface area contributed by atoms with Gasteiger partial charge < -0.3 is 10.4 Å². The Bertz CT molecular complexity index is 1310. The molecule has 11 heteroatoms. The summed E-state index contributed by atoms with van der Waals surface area (Å²) in [5.41, 5.74) is -2.07. The van der Waals surface area contributed by atoms with Gasteiger partial charge in [-0.3, -0.25) is 9.59 Å². The fourth-order valence-corrected chi connectivity index (χ4v) is 8.40. The minimum atomic E-state index is -4.09. The Labute approximate surface area is 205 Å². The van der Waals surface area contributed by atoms with Crippen molar-refractivity contribution in [3.05, 3.63) is 58.4 Å². The minimum absolute atomic E-state index is 0.0172. The van der Waals surface area contributed by atoms with Crippen molar-refractivity contribution in [3.63, 3.8) is 0 Å². The molecule has 2 aromatic carbocycles. The first kappa shape index (κ1) is 25.7. The van der Waals surface area contributed by atoms with Crippen molar-refractivity contribution < 1.29 is 36.3 Å². The standard InChI is InChI=1S/C24H23ClF3NO5S/c1-11-5-14-9-24(32,12(2)30)10-16(11)22(14)35(33,34)20-6-13(3-4-17(20)25)23(31)29-15-7-18(26)21(28)19(27)8-15/h3-4,6-8,11,14,16,22,32H,5,9-10H2,1-2H3,(H,29,31)/t11-,14-,16?,22?,24?/m0/s1. The summed E-state index contributed by atoms with van der Waals surface area (Å²) in [4.78, 5) is 24.4. The summed E-state index contributed by atoms with van der Waals surface area (Å²) in [5, 5.41) is 12.0. The van der Waals surface area contributed by atoms with E-state index in [-0.39, 0.29) is 39.9 Å². The van der Waals surface area contributed by atoms with Crippen LogP contribution in [0.1, 0.15) is 43.5 Å². The molecule has 0 heterocycles. The average Bonchev–Trinajstić information content (AvgIpc) is 2.99. The molecule has 35 heavy (non-hydrogen) atoms. The number of benzene rings is 2. The van der Waals surface area contributed by atoms with Crippen LogP contribution in [0.2, 0.25) is 5.02 Å². The lowest BCUT2D eigenvalue weighted by atomic mass is 9.74. The summed E-state index contributed by atoms with van der Waals surface area (Å²) in [6.45, 7) is 3.17. The van der Waals surface area contributed by atoms with E-state index in [2.05, 4.69) is 5.32 Å². The van der Waals surface area contributed by atoms with Crippen LogP contribution in [-0.2, 0) is 14.6 Å². The van der Waals surface area contributed by atoms with Crippen LogP contribution in [0, 0.1) is 35.2 Å². The van der Waals surface area contributed by atoms with Gasteiger partial charge in [0.15, 0.2) is 33.1 Å². The van der Waals surface area contributed by atoms with Gasteiger partial charge in [-0.1, -0.05) is 18.5 Å². The molecule has 188 valence electrons. The largest absolute Gasteiger partial charge is 0.382 e. The summed E-state index contributed by atoms with van der Waals surface area (Å²) in [6, 6.07) is 4.76. The molecule has 2 bridgehead atoms. The number of ketones is 1. The smallest absolute Gasteiger partial charge is 0.255 e. The predicted octanol–water partition coefficient (Wildman–Crippen LogP) is 4.54. The fourth-order valence-electron chi connectivity index (χ4n) is 5.49. The van der Waals surface area contributed by atoms with Gasteiger partial charge >= 0.3 is 0 Å². The zero-order chi connectivity index (χ0) is 25.9. The Morgan fingerprint density at radius 3 is 2.31 bits per heavy atom. The molecule has 2 saturated carbocycles. The van der Waals surface area contributed by atoms with Crippen LogP contribution in [0.4, 0.5) is 18.9 Å². The Morgan fingerprint density at radius 1 is 1.11 bits per heavy atom. The minimum Gasteiger partial charge on any atom is -0.382 e. The molecule has 6 nitrogen and oxygen atoms in total. The maximum Gasteiger partial charge on any atom is 0.255 e. The predicted molar refractivity (Wildman–Crippen MR) is 122 cm³/mol. The maximum absolute atomic E-state index is 13.7. The van der Waals surface area contributed by atoms with Gasteiger partial charge in [-0.25, -0.2) is 21.6 Å². The topological polar surface area (TPSA) is 101 Å². The van der Waals surface area contributed by atoms with Gasteiger partial charge in [-0.2, -0.15) is 0 Å². The molecule has 2 aliphatic carbocycles. The number of carbonyl (C=O) groups is 2. The van der Waals surface area contributed by atoms with E-state index in [1.54, 1.807) is 0 Å². The molecule has 3 unspecified atom stereocenters. The summed E-state index contributed by atoms with van der Waals surface area (Å²) in [7, 11) is -4.09. The zero-order valence-corrected chi connectivity index (χ0v) is 20.4. The summed E-state index contributed by atoms with van der Waals surface area (Å²) in [6.07, 6.45) is 0.555. The lowest BCUT2D eigenvalue weighted by Gasteiger charge is -2.40. The van der Waals surface area contributed by atoms with E-state index in [0.717, 1.165) is 6.07 Å². The van der Waals surface area contributed by atoms with Gasteiger partial charge in [0.05, 0.1) is 15.2 Å². The third-order valence-electron chi connectivity index (χ3n) is 7.22. The Morgan fingerprint density at radius 2 is 1.74 bits per heavy atom. The monoisotopic (exact) mass is 529 g/mol. The number of carbonyl (C=O) groups excluding carboxylic acids is 2. The average molecular weight is 530 g/mol. The summed E-state index contributed by atoms with van der Waals surface area (Å²) in [5.74, 6) is -6.96.